The third kappa shape index (κ3) is 2.05. The molecule has 0 fully saturated rings. The first-order chi connectivity index (χ1) is 5.24. The van der Waals surface area contributed by atoms with Gasteiger partial charge in [-0.05, 0) is 40.6 Å². The van der Waals surface area contributed by atoms with E-state index < -0.39 is 0 Å². The van der Waals surface area contributed by atoms with Crippen LogP contribution < -0.4 is 5.32 Å². The second-order valence-corrected chi connectivity index (χ2v) is 3.11. The summed E-state index contributed by atoms with van der Waals surface area (Å²) < 4.78 is 1.06. The van der Waals surface area contributed by atoms with Crippen LogP contribution in [0.2, 0.25) is 0 Å². The van der Waals surface area contributed by atoms with Crippen molar-refractivity contribution in [2.75, 3.05) is 0 Å². The minimum atomic E-state index is 0.945. The second-order valence-electron chi connectivity index (χ2n) is 2.25. The molecule has 1 aliphatic heterocycles. The Labute approximate surface area is 74.3 Å². The van der Waals surface area contributed by atoms with Gasteiger partial charge < -0.3 is 10.7 Å². The number of hydrogen-bond donors (Lipinski definition) is 2. The molecular weight excluding hydrogens is 204 g/mol. The van der Waals surface area contributed by atoms with Gasteiger partial charge in [0.2, 0.25) is 0 Å². The maximum Gasteiger partial charge on any atom is 0.0398 e. The summed E-state index contributed by atoms with van der Waals surface area (Å²) in [6.07, 6.45) is 6.82. The van der Waals surface area contributed by atoms with E-state index in [0.29, 0.717) is 0 Å². The normalized spacial score (nSPS) is 20.4. The minimum Gasteiger partial charge on any atom is -0.361 e. The molecule has 0 spiro atoms. The Bertz CT molecular complexity index is 261. The van der Waals surface area contributed by atoms with Crippen LogP contribution in [0.5, 0.6) is 0 Å². The summed E-state index contributed by atoms with van der Waals surface area (Å²) in [5.74, 6) is 0. The van der Waals surface area contributed by atoms with Gasteiger partial charge in [-0.3, -0.25) is 0 Å². The average Bonchev–Trinajstić information content (AvgIpc) is 1.98. The van der Waals surface area contributed by atoms with Gasteiger partial charge in [-0.1, -0.05) is 0 Å². The van der Waals surface area contributed by atoms with Gasteiger partial charge in [-0.25, -0.2) is 0 Å². The molecule has 0 unspecified atom stereocenters. The topological polar surface area (TPSA) is 35.9 Å². The first-order valence-electron chi connectivity index (χ1n) is 3.25. The number of allylic oxidation sites excluding steroid dienone is 4. The smallest absolute Gasteiger partial charge is 0.0398 e. The maximum absolute atomic E-state index is 6.85. The van der Waals surface area contributed by atoms with Crippen molar-refractivity contribution in [1.82, 2.24) is 5.32 Å². The van der Waals surface area contributed by atoms with E-state index in [1.165, 1.54) is 6.21 Å². The number of dihydropyridines is 1. The monoisotopic (exact) mass is 212 g/mol. The Kier molecular flexibility index (Phi) is 2.65. The maximum atomic E-state index is 6.85. The van der Waals surface area contributed by atoms with Gasteiger partial charge in [0.25, 0.3) is 0 Å². The predicted molar refractivity (Wildman–Crippen MR) is 50.8 cm³/mol. The molecule has 0 bridgehead atoms. The highest BCUT2D eigenvalue weighted by atomic mass is 79.9. The quantitative estimate of drug-likeness (QED) is 0.644. The zero-order valence-electron chi connectivity index (χ0n) is 6.19. The summed E-state index contributed by atoms with van der Waals surface area (Å²) in [4.78, 5) is 0. The minimum absolute atomic E-state index is 0.945. The van der Waals surface area contributed by atoms with E-state index in [0.717, 1.165) is 15.8 Å². The Morgan fingerprint density at radius 3 is 2.91 bits per heavy atom. The van der Waals surface area contributed by atoms with E-state index in [1.807, 2.05) is 19.2 Å². The lowest BCUT2D eigenvalue weighted by atomic mass is 10.2. The molecule has 0 aliphatic carbocycles. The largest absolute Gasteiger partial charge is 0.361 e. The fourth-order valence-corrected chi connectivity index (χ4v) is 1.02. The molecule has 1 rings (SSSR count). The molecule has 0 saturated heterocycles. The molecule has 2 nitrogen and oxygen atoms in total. The first-order valence-corrected chi connectivity index (χ1v) is 4.05. The van der Waals surface area contributed by atoms with Crippen molar-refractivity contribution < 1.29 is 0 Å². The van der Waals surface area contributed by atoms with Crippen molar-refractivity contribution >= 4 is 22.1 Å². The van der Waals surface area contributed by atoms with Crippen molar-refractivity contribution in [3.05, 3.63) is 34.1 Å². The van der Waals surface area contributed by atoms with E-state index in [9.17, 15) is 0 Å². The third-order valence-electron chi connectivity index (χ3n) is 1.38. The standard InChI is InChI=1S/C8H9BrN2/c1-6-4-7(2-3-10)11-5-8(6)9/h2-5,10-11H,1H3/b7-2-,10-3?. The van der Waals surface area contributed by atoms with Gasteiger partial charge in [0.05, 0.1) is 0 Å². The zero-order chi connectivity index (χ0) is 8.27. The van der Waals surface area contributed by atoms with Crippen molar-refractivity contribution in [2.24, 2.45) is 0 Å². The highest BCUT2D eigenvalue weighted by Crippen LogP contribution is 2.20. The van der Waals surface area contributed by atoms with E-state index >= 15 is 0 Å². The first kappa shape index (κ1) is 8.27. The van der Waals surface area contributed by atoms with Gasteiger partial charge in [0.1, 0.15) is 0 Å². The van der Waals surface area contributed by atoms with Crippen LogP contribution >= 0.6 is 15.9 Å². The Morgan fingerprint density at radius 1 is 1.64 bits per heavy atom. The highest BCUT2D eigenvalue weighted by Gasteiger charge is 2.01. The molecule has 2 N–H and O–H groups in total. The summed E-state index contributed by atoms with van der Waals surface area (Å²) in [6, 6.07) is 0. The van der Waals surface area contributed by atoms with E-state index in [2.05, 4.69) is 21.2 Å². The lowest BCUT2D eigenvalue weighted by molar-refractivity contribution is 1.08. The van der Waals surface area contributed by atoms with Crippen LogP contribution in [-0.2, 0) is 0 Å². The van der Waals surface area contributed by atoms with Gasteiger partial charge in [0.15, 0.2) is 0 Å². The average molecular weight is 213 g/mol. The Morgan fingerprint density at radius 2 is 2.36 bits per heavy atom. The SMILES string of the molecule is CC1=C/C(=C/C=N)NC=C1Br. The molecule has 0 aromatic rings. The molecule has 0 aromatic carbocycles. The molecule has 0 aromatic heterocycles. The number of hydrogen-bond acceptors (Lipinski definition) is 2. The van der Waals surface area contributed by atoms with E-state index in [1.54, 1.807) is 6.08 Å². The molecule has 1 heterocycles. The molecule has 0 atom stereocenters. The Hall–Kier alpha value is -0.830. The summed E-state index contributed by atoms with van der Waals surface area (Å²) >= 11 is 3.38. The molecular formula is C8H9BrN2. The zero-order valence-corrected chi connectivity index (χ0v) is 7.77. The van der Waals surface area contributed by atoms with Gasteiger partial charge in [-0.2, -0.15) is 0 Å². The fraction of sp³-hybridized carbons (Fsp3) is 0.125. The van der Waals surface area contributed by atoms with E-state index in [-0.39, 0.29) is 0 Å². The predicted octanol–water partition coefficient (Wildman–Crippen LogP) is 2.31. The van der Waals surface area contributed by atoms with Crippen LogP contribution in [0.4, 0.5) is 0 Å². The van der Waals surface area contributed by atoms with Crippen LogP contribution in [0.1, 0.15) is 6.92 Å². The van der Waals surface area contributed by atoms with Crippen LogP contribution in [0.15, 0.2) is 34.1 Å². The molecule has 0 saturated carbocycles. The summed E-state index contributed by atoms with van der Waals surface area (Å²) in [5, 5.41) is 9.88. The molecule has 1 aliphatic rings. The summed E-state index contributed by atoms with van der Waals surface area (Å²) in [7, 11) is 0. The van der Waals surface area contributed by atoms with E-state index in [4.69, 9.17) is 5.41 Å². The molecule has 0 radical (unpaired) electrons. The van der Waals surface area contributed by atoms with Gasteiger partial charge in [0, 0.05) is 22.6 Å². The lowest BCUT2D eigenvalue weighted by Crippen LogP contribution is -2.08. The fourth-order valence-electron chi connectivity index (χ4n) is 0.790. The van der Waals surface area contributed by atoms with Crippen molar-refractivity contribution in [3.8, 4) is 0 Å². The van der Waals surface area contributed by atoms with Crippen LogP contribution in [0.3, 0.4) is 0 Å². The second kappa shape index (κ2) is 3.53. The van der Waals surface area contributed by atoms with Crippen molar-refractivity contribution in [3.63, 3.8) is 0 Å². The molecule has 11 heavy (non-hydrogen) atoms. The van der Waals surface area contributed by atoms with Gasteiger partial charge in [-0.15, -0.1) is 0 Å². The van der Waals surface area contributed by atoms with Gasteiger partial charge >= 0.3 is 0 Å². The number of halogens is 1. The summed E-state index contributed by atoms with van der Waals surface area (Å²) in [5.41, 5.74) is 2.11. The molecule has 3 heteroatoms. The molecule has 0 amide bonds. The summed E-state index contributed by atoms with van der Waals surface area (Å²) in [6.45, 7) is 2.01. The van der Waals surface area contributed by atoms with Crippen LogP contribution in [0.25, 0.3) is 0 Å². The molecule has 58 valence electrons. The van der Waals surface area contributed by atoms with Crippen molar-refractivity contribution in [2.45, 2.75) is 6.92 Å². The number of rotatable bonds is 1. The Balaban J connectivity index is 2.85. The van der Waals surface area contributed by atoms with Crippen molar-refractivity contribution in [1.29, 1.82) is 5.41 Å². The third-order valence-corrected chi connectivity index (χ3v) is 2.23. The van der Waals surface area contributed by atoms with Crippen LogP contribution in [0, 0.1) is 5.41 Å². The van der Waals surface area contributed by atoms with Crippen LogP contribution in [-0.4, -0.2) is 6.21 Å². The number of nitrogens with one attached hydrogen (secondary N) is 2. The lowest BCUT2D eigenvalue weighted by Gasteiger charge is -2.10. The highest BCUT2D eigenvalue weighted by molar-refractivity contribution is 9.12.